The van der Waals surface area contributed by atoms with E-state index in [9.17, 15) is 4.79 Å². The number of carbonyl (C=O) groups is 1. The molecule has 1 rings (SSSR count). The van der Waals surface area contributed by atoms with Gasteiger partial charge in [0.15, 0.2) is 0 Å². The second-order valence-electron chi connectivity index (χ2n) is 3.79. The summed E-state index contributed by atoms with van der Waals surface area (Å²) >= 11 is 0. The Morgan fingerprint density at radius 1 is 1.35 bits per heavy atom. The number of para-hydroxylation sites is 1. The lowest BCUT2D eigenvalue weighted by molar-refractivity contribution is -0.120. The Kier molecular flexibility index (Phi) is 6.10. The van der Waals surface area contributed by atoms with Crippen molar-refractivity contribution in [1.82, 2.24) is 5.32 Å². The third-order valence-electron chi connectivity index (χ3n) is 2.26. The van der Waals surface area contributed by atoms with Crippen molar-refractivity contribution < 1.29 is 9.53 Å². The maximum absolute atomic E-state index is 11.5. The van der Waals surface area contributed by atoms with Gasteiger partial charge in [-0.25, -0.2) is 0 Å². The Morgan fingerprint density at radius 3 is 2.71 bits per heavy atom. The average Bonchev–Trinajstić information content (AvgIpc) is 2.35. The summed E-state index contributed by atoms with van der Waals surface area (Å²) in [4.78, 5) is 11.5. The van der Waals surface area contributed by atoms with Crippen LogP contribution in [-0.2, 0) is 9.53 Å². The maximum Gasteiger partial charge on any atom is 0.239 e. The zero-order valence-electron chi connectivity index (χ0n) is 10.4. The molecule has 94 valence electrons. The number of hydrogen-bond donors (Lipinski definition) is 2. The standard InChI is InChI=1S/C13H20N2O2/c1-3-17-11(2)9-15-13(16)10-14-12-7-5-4-6-8-12/h4-8,11,14H,3,9-10H2,1-2H3,(H,15,16). The van der Waals surface area contributed by atoms with Gasteiger partial charge in [-0.15, -0.1) is 0 Å². The maximum atomic E-state index is 11.5. The van der Waals surface area contributed by atoms with E-state index in [1.807, 2.05) is 44.2 Å². The average molecular weight is 236 g/mol. The summed E-state index contributed by atoms with van der Waals surface area (Å²) in [6, 6.07) is 9.65. The molecular formula is C13H20N2O2. The van der Waals surface area contributed by atoms with Gasteiger partial charge >= 0.3 is 0 Å². The van der Waals surface area contributed by atoms with Crippen LogP contribution in [0.25, 0.3) is 0 Å². The molecular weight excluding hydrogens is 216 g/mol. The molecule has 0 radical (unpaired) electrons. The Morgan fingerprint density at radius 2 is 2.06 bits per heavy atom. The Labute approximate surface area is 102 Å². The second kappa shape index (κ2) is 7.68. The van der Waals surface area contributed by atoms with E-state index in [1.165, 1.54) is 0 Å². The van der Waals surface area contributed by atoms with Crippen LogP contribution in [0, 0.1) is 0 Å². The van der Waals surface area contributed by atoms with Gasteiger partial charge < -0.3 is 15.4 Å². The summed E-state index contributed by atoms with van der Waals surface area (Å²) in [6.07, 6.45) is 0.0562. The highest BCUT2D eigenvalue weighted by Crippen LogP contribution is 2.03. The first-order chi connectivity index (χ1) is 8.22. The summed E-state index contributed by atoms with van der Waals surface area (Å²) < 4.78 is 5.32. The van der Waals surface area contributed by atoms with E-state index in [4.69, 9.17) is 4.74 Å². The number of carbonyl (C=O) groups excluding carboxylic acids is 1. The minimum Gasteiger partial charge on any atom is -0.377 e. The van der Waals surface area contributed by atoms with Gasteiger partial charge in [0.25, 0.3) is 0 Å². The number of amides is 1. The van der Waals surface area contributed by atoms with E-state index in [1.54, 1.807) is 0 Å². The van der Waals surface area contributed by atoms with Gasteiger partial charge in [-0.3, -0.25) is 4.79 Å². The zero-order chi connectivity index (χ0) is 12.5. The molecule has 0 spiro atoms. The molecule has 4 heteroatoms. The molecule has 1 unspecified atom stereocenters. The molecule has 0 saturated heterocycles. The summed E-state index contributed by atoms with van der Waals surface area (Å²) in [6.45, 7) is 5.37. The number of benzene rings is 1. The van der Waals surface area contributed by atoms with Crippen molar-refractivity contribution in [2.24, 2.45) is 0 Å². The van der Waals surface area contributed by atoms with Crippen LogP contribution < -0.4 is 10.6 Å². The molecule has 17 heavy (non-hydrogen) atoms. The minimum atomic E-state index is -0.0274. The lowest BCUT2D eigenvalue weighted by Gasteiger charge is -2.13. The molecule has 1 amide bonds. The Hall–Kier alpha value is -1.55. The van der Waals surface area contributed by atoms with Crippen LogP contribution >= 0.6 is 0 Å². The van der Waals surface area contributed by atoms with E-state index >= 15 is 0 Å². The van der Waals surface area contributed by atoms with Crippen LogP contribution in [0.4, 0.5) is 5.69 Å². The van der Waals surface area contributed by atoms with Crippen LogP contribution in [0.3, 0.4) is 0 Å². The van der Waals surface area contributed by atoms with Crippen LogP contribution in [0.2, 0.25) is 0 Å². The van der Waals surface area contributed by atoms with Crippen LogP contribution in [0.15, 0.2) is 30.3 Å². The molecule has 0 aromatic heterocycles. The lowest BCUT2D eigenvalue weighted by atomic mass is 10.3. The number of hydrogen-bond acceptors (Lipinski definition) is 3. The van der Waals surface area contributed by atoms with Crippen LogP contribution in [0.1, 0.15) is 13.8 Å². The Bertz CT molecular complexity index is 327. The first kappa shape index (κ1) is 13.5. The predicted octanol–water partition coefficient (Wildman–Crippen LogP) is 1.64. The fourth-order valence-electron chi connectivity index (χ4n) is 1.40. The predicted molar refractivity (Wildman–Crippen MR) is 69.0 cm³/mol. The third kappa shape index (κ3) is 5.92. The molecule has 1 atom stereocenters. The summed E-state index contributed by atoms with van der Waals surface area (Å²) in [5, 5.41) is 5.86. The van der Waals surface area contributed by atoms with E-state index in [0.717, 1.165) is 5.69 Å². The molecule has 0 aliphatic carbocycles. The van der Waals surface area contributed by atoms with Gasteiger partial charge in [0.05, 0.1) is 12.6 Å². The van der Waals surface area contributed by atoms with Gasteiger partial charge in [-0.1, -0.05) is 18.2 Å². The zero-order valence-corrected chi connectivity index (χ0v) is 10.4. The molecule has 0 aliphatic heterocycles. The first-order valence-corrected chi connectivity index (χ1v) is 5.89. The molecule has 1 aromatic rings. The largest absolute Gasteiger partial charge is 0.377 e. The lowest BCUT2D eigenvalue weighted by Crippen LogP contribution is -2.35. The highest BCUT2D eigenvalue weighted by Gasteiger charge is 2.04. The Balaban J connectivity index is 2.17. The van der Waals surface area contributed by atoms with Crippen molar-refractivity contribution >= 4 is 11.6 Å². The quantitative estimate of drug-likeness (QED) is 0.756. The number of rotatable bonds is 7. The minimum absolute atomic E-state index is 0.0274. The van der Waals surface area contributed by atoms with Gasteiger partial charge in [0.1, 0.15) is 0 Å². The molecule has 0 bridgehead atoms. The highest BCUT2D eigenvalue weighted by molar-refractivity contribution is 5.80. The van der Waals surface area contributed by atoms with E-state index in [2.05, 4.69) is 10.6 Å². The number of ether oxygens (including phenoxy) is 1. The van der Waals surface area contributed by atoms with Crippen molar-refractivity contribution in [2.45, 2.75) is 20.0 Å². The molecule has 0 heterocycles. The first-order valence-electron chi connectivity index (χ1n) is 5.89. The number of nitrogens with one attached hydrogen (secondary N) is 2. The van der Waals surface area contributed by atoms with E-state index in [-0.39, 0.29) is 18.6 Å². The molecule has 1 aromatic carbocycles. The highest BCUT2D eigenvalue weighted by atomic mass is 16.5. The molecule has 4 nitrogen and oxygen atoms in total. The smallest absolute Gasteiger partial charge is 0.239 e. The molecule has 0 aliphatic rings. The summed E-state index contributed by atoms with van der Waals surface area (Å²) in [7, 11) is 0. The van der Waals surface area contributed by atoms with Gasteiger partial charge in [-0.2, -0.15) is 0 Å². The van der Waals surface area contributed by atoms with Gasteiger partial charge in [0.2, 0.25) is 5.91 Å². The number of anilines is 1. The van der Waals surface area contributed by atoms with Crippen LogP contribution in [-0.4, -0.2) is 31.7 Å². The monoisotopic (exact) mass is 236 g/mol. The molecule has 2 N–H and O–H groups in total. The fourth-order valence-corrected chi connectivity index (χ4v) is 1.40. The summed E-state index contributed by atoms with van der Waals surface area (Å²) in [5.74, 6) is -0.0274. The van der Waals surface area contributed by atoms with Crippen molar-refractivity contribution in [2.75, 3.05) is 25.0 Å². The molecule has 0 fully saturated rings. The van der Waals surface area contributed by atoms with Gasteiger partial charge in [-0.05, 0) is 26.0 Å². The van der Waals surface area contributed by atoms with Gasteiger partial charge in [0, 0.05) is 18.8 Å². The van der Waals surface area contributed by atoms with Crippen LogP contribution in [0.5, 0.6) is 0 Å². The normalized spacial score (nSPS) is 11.9. The van der Waals surface area contributed by atoms with E-state index < -0.39 is 0 Å². The van der Waals surface area contributed by atoms with Crippen molar-refractivity contribution in [3.05, 3.63) is 30.3 Å². The second-order valence-corrected chi connectivity index (χ2v) is 3.79. The van der Waals surface area contributed by atoms with Crippen molar-refractivity contribution in [1.29, 1.82) is 0 Å². The fraction of sp³-hybridized carbons (Fsp3) is 0.462. The third-order valence-corrected chi connectivity index (χ3v) is 2.26. The SMILES string of the molecule is CCOC(C)CNC(=O)CNc1ccccc1. The molecule has 0 saturated carbocycles. The van der Waals surface area contributed by atoms with E-state index in [0.29, 0.717) is 13.2 Å². The van der Waals surface area contributed by atoms with Crippen molar-refractivity contribution in [3.63, 3.8) is 0 Å². The van der Waals surface area contributed by atoms with Crippen molar-refractivity contribution in [3.8, 4) is 0 Å². The topological polar surface area (TPSA) is 50.4 Å². The summed E-state index contributed by atoms with van der Waals surface area (Å²) in [5.41, 5.74) is 0.945.